The molecule has 0 amide bonds. The van der Waals surface area contributed by atoms with Gasteiger partial charge in [-0.1, -0.05) is 0 Å². The Morgan fingerprint density at radius 3 is 1.70 bits per heavy atom. The van der Waals surface area contributed by atoms with Crippen molar-refractivity contribution in [1.82, 2.24) is 0 Å². The molecule has 2 aliphatic carbocycles. The van der Waals surface area contributed by atoms with Gasteiger partial charge >= 0.3 is 131 Å². The summed E-state index contributed by atoms with van der Waals surface area (Å²) in [5, 5.41) is 10.3. The maximum absolute atomic E-state index is 10.3. The van der Waals surface area contributed by atoms with Gasteiger partial charge in [0.1, 0.15) is 0 Å². The third-order valence-corrected chi connectivity index (χ3v) is 24.2. The molecule has 0 bridgehead atoms. The molecule has 2 rings (SSSR count). The first-order chi connectivity index (χ1) is 9.70. The molecular formula is C18H36OSn. The Balaban J connectivity index is 2.07. The molecule has 0 saturated heterocycles. The molecule has 4 atom stereocenters. The molecule has 2 heteroatoms. The van der Waals surface area contributed by atoms with Gasteiger partial charge in [0.15, 0.2) is 0 Å². The molecule has 0 spiro atoms. The third-order valence-electron chi connectivity index (χ3n) is 6.26. The number of aliphatic hydroxyl groups is 1. The van der Waals surface area contributed by atoms with Gasteiger partial charge in [-0.25, -0.2) is 0 Å². The summed E-state index contributed by atoms with van der Waals surface area (Å²) in [7, 11) is 0. The van der Waals surface area contributed by atoms with Crippen molar-refractivity contribution in [3.8, 4) is 0 Å². The second-order valence-corrected chi connectivity index (χ2v) is 21.5. The van der Waals surface area contributed by atoms with Crippen LogP contribution in [0.15, 0.2) is 0 Å². The molecule has 20 heavy (non-hydrogen) atoms. The van der Waals surface area contributed by atoms with Gasteiger partial charge in [-0.3, -0.25) is 0 Å². The Morgan fingerprint density at radius 2 is 1.35 bits per heavy atom. The van der Waals surface area contributed by atoms with E-state index in [1.807, 2.05) is 0 Å². The molecule has 2 fully saturated rings. The molecule has 1 nitrogen and oxygen atoms in total. The molecule has 2 saturated carbocycles. The normalized spacial score (nSPS) is 32.4. The quantitative estimate of drug-likeness (QED) is 0.484. The Kier molecular flexibility index (Phi) is 6.72. The van der Waals surface area contributed by atoms with E-state index in [0.717, 1.165) is 22.2 Å². The van der Waals surface area contributed by atoms with Gasteiger partial charge in [0.2, 0.25) is 0 Å². The van der Waals surface area contributed by atoms with Crippen LogP contribution in [-0.2, 0) is 0 Å². The van der Waals surface area contributed by atoms with E-state index >= 15 is 0 Å². The van der Waals surface area contributed by atoms with Crippen molar-refractivity contribution in [3.05, 3.63) is 0 Å². The van der Waals surface area contributed by atoms with Crippen molar-refractivity contribution in [2.75, 3.05) is 0 Å². The van der Waals surface area contributed by atoms with E-state index in [1.165, 1.54) is 44.9 Å². The van der Waals surface area contributed by atoms with Crippen molar-refractivity contribution >= 4 is 18.4 Å². The molecule has 2 aliphatic rings. The van der Waals surface area contributed by atoms with E-state index in [0.29, 0.717) is 0 Å². The summed E-state index contributed by atoms with van der Waals surface area (Å²) in [5.74, 6) is 1.75. The number of aliphatic hydroxyl groups excluding tert-OH is 1. The van der Waals surface area contributed by atoms with Crippen LogP contribution in [-0.4, -0.2) is 29.6 Å². The predicted molar refractivity (Wildman–Crippen MR) is 90.9 cm³/mol. The fourth-order valence-electron chi connectivity index (χ4n) is 5.18. The molecule has 0 radical (unpaired) electrons. The van der Waals surface area contributed by atoms with Crippen LogP contribution in [0.2, 0.25) is 17.2 Å². The molecule has 118 valence electrons. The van der Waals surface area contributed by atoms with E-state index in [1.54, 1.807) is 13.3 Å². The summed E-state index contributed by atoms with van der Waals surface area (Å²) in [6, 6.07) is 0. The average Bonchev–Trinajstić information content (AvgIpc) is 3.09. The number of hydrogen-bond donors (Lipinski definition) is 1. The summed E-state index contributed by atoms with van der Waals surface area (Å²) in [6.45, 7) is 7.08. The van der Waals surface area contributed by atoms with Gasteiger partial charge in [-0.05, 0) is 0 Å². The molecule has 0 aromatic carbocycles. The van der Waals surface area contributed by atoms with Crippen LogP contribution in [0.5, 0.6) is 0 Å². The van der Waals surface area contributed by atoms with Gasteiger partial charge in [-0.2, -0.15) is 0 Å². The van der Waals surface area contributed by atoms with Crippen LogP contribution in [0.4, 0.5) is 0 Å². The second-order valence-electron chi connectivity index (χ2n) is 7.58. The van der Waals surface area contributed by atoms with Crippen LogP contribution in [0, 0.1) is 11.8 Å². The van der Waals surface area contributed by atoms with E-state index in [4.69, 9.17) is 0 Å². The summed E-state index contributed by atoms with van der Waals surface area (Å²) in [4.78, 5) is 0. The van der Waals surface area contributed by atoms with Crippen LogP contribution in [0.3, 0.4) is 0 Å². The number of rotatable bonds is 10. The summed E-state index contributed by atoms with van der Waals surface area (Å²) < 4.78 is 5.98. The van der Waals surface area contributed by atoms with Gasteiger partial charge in [-0.15, -0.1) is 0 Å². The van der Waals surface area contributed by atoms with E-state index in [-0.39, 0.29) is 6.10 Å². The van der Waals surface area contributed by atoms with E-state index in [2.05, 4.69) is 20.8 Å². The standard InChI is InChI=1S/C6H9O.3C4H9.Sn/c7-6-2-1-4-3-5(4)6;3*1-3-4-2;/h3-7H,1-2H2;3*1,3-4H2,2H3;/t4-,5+,6+;;;;/m0..../s1. The second kappa shape index (κ2) is 7.85. The van der Waals surface area contributed by atoms with Gasteiger partial charge < -0.3 is 0 Å². The number of fused-ring (bicyclic) bond motifs is 1. The van der Waals surface area contributed by atoms with Gasteiger partial charge in [0.25, 0.3) is 0 Å². The van der Waals surface area contributed by atoms with Crippen molar-refractivity contribution in [1.29, 1.82) is 0 Å². The first-order valence-corrected chi connectivity index (χ1v) is 17.1. The van der Waals surface area contributed by atoms with Crippen LogP contribution >= 0.6 is 0 Å². The first-order valence-electron chi connectivity index (χ1n) is 9.38. The molecule has 0 aromatic rings. The Morgan fingerprint density at radius 1 is 0.850 bits per heavy atom. The van der Waals surface area contributed by atoms with Gasteiger partial charge in [0, 0.05) is 0 Å². The topological polar surface area (TPSA) is 20.2 Å². The zero-order chi connectivity index (χ0) is 14.6. The average molecular weight is 387 g/mol. The zero-order valence-corrected chi connectivity index (χ0v) is 16.9. The Hall–Kier alpha value is 0.759. The van der Waals surface area contributed by atoms with Crippen molar-refractivity contribution in [2.45, 2.75) is 95.5 Å². The van der Waals surface area contributed by atoms with Crippen molar-refractivity contribution in [3.63, 3.8) is 0 Å². The van der Waals surface area contributed by atoms with Crippen molar-refractivity contribution in [2.24, 2.45) is 11.8 Å². The molecule has 1 N–H and O–H groups in total. The Bertz CT molecular complexity index is 269. The summed E-state index contributed by atoms with van der Waals surface area (Å²) in [5.41, 5.74) is 0. The SMILES string of the molecule is CCC[CH2][Sn]([CH2]CCC)([CH2]CCC)[C@H]1[C@@H]2CC[C@@H](O)[C@@H]21. The first kappa shape index (κ1) is 17.1. The fourth-order valence-corrected chi connectivity index (χ4v) is 26.3. The third kappa shape index (κ3) is 3.56. The minimum atomic E-state index is -2.00. The monoisotopic (exact) mass is 388 g/mol. The minimum absolute atomic E-state index is 0.0888. The van der Waals surface area contributed by atoms with Crippen LogP contribution < -0.4 is 0 Å². The van der Waals surface area contributed by atoms with E-state index < -0.39 is 18.4 Å². The maximum atomic E-state index is 10.3. The fraction of sp³-hybridized carbons (Fsp3) is 1.00. The summed E-state index contributed by atoms with van der Waals surface area (Å²) >= 11 is -2.00. The molecular weight excluding hydrogens is 351 g/mol. The molecule has 0 aliphatic heterocycles. The number of unbranched alkanes of at least 4 members (excludes halogenated alkanes) is 3. The molecule has 0 unspecified atom stereocenters. The van der Waals surface area contributed by atoms with Crippen LogP contribution in [0.1, 0.15) is 72.1 Å². The predicted octanol–water partition coefficient (Wildman–Crippen LogP) is 5.61. The van der Waals surface area contributed by atoms with Gasteiger partial charge in [0.05, 0.1) is 0 Å². The molecule has 0 heterocycles. The molecule has 0 aromatic heterocycles. The summed E-state index contributed by atoms with van der Waals surface area (Å²) in [6.07, 6.45) is 11.1. The van der Waals surface area contributed by atoms with Crippen LogP contribution in [0.25, 0.3) is 0 Å². The Labute approximate surface area is 130 Å². The number of hydrogen-bond acceptors (Lipinski definition) is 1. The van der Waals surface area contributed by atoms with Crippen molar-refractivity contribution < 1.29 is 5.11 Å². The van der Waals surface area contributed by atoms with E-state index in [9.17, 15) is 5.11 Å². The zero-order valence-electron chi connectivity index (χ0n) is 14.0.